The summed E-state index contributed by atoms with van der Waals surface area (Å²) in [4.78, 5) is 23.7. The molecule has 1 fully saturated rings. The van der Waals surface area contributed by atoms with E-state index < -0.39 is 5.97 Å². The molecule has 0 aliphatic heterocycles. The third-order valence-corrected chi connectivity index (χ3v) is 5.44. The highest BCUT2D eigenvalue weighted by Gasteiger charge is 2.17. The summed E-state index contributed by atoms with van der Waals surface area (Å²) in [5, 5.41) is 12.0. The molecule has 5 nitrogen and oxygen atoms in total. The van der Waals surface area contributed by atoms with Crippen LogP contribution in [0.3, 0.4) is 0 Å². The van der Waals surface area contributed by atoms with Crippen molar-refractivity contribution < 1.29 is 19.4 Å². The van der Waals surface area contributed by atoms with Crippen molar-refractivity contribution in [2.45, 2.75) is 52.1 Å². The number of hydrogen-bond acceptors (Lipinski definition) is 3. The summed E-state index contributed by atoms with van der Waals surface area (Å²) in [6, 6.07) is 15.3. The Morgan fingerprint density at radius 1 is 1.13 bits per heavy atom. The Balaban J connectivity index is 1.55. The minimum atomic E-state index is -1.15. The lowest BCUT2D eigenvalue weighted by Gasteiger charge is -2.10. The summed E-state index contributed by atoms with van der Waals surface area (Å²) < 4.78 is 5.79. The number of carboxylic acids is 1. The lowest BCUT2D eigenvalue weighted by Crippen LogP contribution is -2.27. The van der Waals surface area contributed by atoms with Crippen LogP contribution in [-0.2, 0) is 16.2 Å². The van der Waals surface area contributed by atoms with Crippen LogP contribution in [0.15, 0.2) is 54.2 Å². The number of nitrogens with one attached hydrogen (secondary N) is 1. The van der Waals surface area contributed by atoms with Gasteiger partial charge in [-0.15, -0.1) is 0 Å². The van der Waals surface area contributed by atoms with Gasteiger partial charge in [0.15, 0.2) is 0 Å². The standard InChI is InChI=1S/C25H29NO4/c1-18-5-4-8-21(15-18)17-30-22-12-9-20(10-13-22)16-23(25(28)29)26-24(27)14-11-19-6-2-3-7-19/h4-5,8-10,12-13,15-16,19H,2-3,6-7,11,14,17H2,1H3,(H,26,27)(H,28,29). The van der Waals surface area contributed by atoms with E-state index in [-0.39, 0.29) is 11.6 Å². The van der Waals surface area contributed by atoms with E-state index in [0.717, 1.165) is 12.0 Å². The van der Waals surface area contributed by atoms with Crippen molar-refractivity contribution >= 4 is 18.0 Å². The van der Waals surface area contributed by atoms with E-state index in [1.807, 2.05) is 25.1 Å². The predicted molar refractivity (Wildman–Crippen MR) is 117 cm³/mol. The van der Waals surface area contributed by atoms with E-state index in [9.17, 15) is 14.7 Å². The molecule has 2 aromatic carbocycles. The third-order valence-electron chi connectivity index (χ3n) is 5.44. The predicted octanol–water partition coefficient (Wildman–Crippen LogP) is 5.09. The molecule has 0 spiro atoms. The topological polar surface area (TPSA) is 75.6 Å². The largest absolute Gasteiger partial charge is 0.489 e. The first kappa shape index (κ1) is 21.6. The Morgan fingerprint density at radius 3 is 2.53 bits per heavy atom. The van der Waals surface area contributed by atoms with E-state index in [1.165, 1.54) is 37.3 Å². The van der Waals surface area contributed by atoms with E-state index >= 15 is 0 Å². The Bertz CT molecular complexity index is 896. The molecule has 30 heavy (non-hydrogen) atoms. The number of carbonyl (C=O) groups is 2. The molecule has 0 aromatic heterocycles. The fourth-order valence-corrected chi connectivity index (χ4v) is 3.79. The van der Waals surface area contributed by atoms with Crippen LogP contribution in [0.25, 0.3) is 6.08 Å². The van der Waals surface area contributed by atoms with Crippen LogP contribution in [0.1, 0.15) is 55.2 Å². The molecule has 1 amide bonds. The van der Waals surface area contributed by atoms with Gasteiger partial charge in [0.2, 0.25) is 5.91 Å². The normalized spacial score (nSPS) is 14.5. The second-order valence-corrected chi connectivity index (χ2v) is 7.95. The number of ether oxygens (including phenoxy) is 1. The van der Waals surface area contributed by atoms with Crippen molar-refractivity contribution in [3.63, 3.8) is 0 Å². The minimum Gasteiger partial charge on any atom is -0.489 e. The van der Waals surface area contributed by atoms with Gasteiger partial charge in [0, 0.05) is 6.42 Å². The number of rotatable bonds is 9. The molecule has 0 saturated heterocycles. The zero-order valence-electron chi connectivity index (χ0n) is 17.4. The lowest BCUT2D eigenvalue weighted by atomic mass is 10.0. The molecular formula is C25H29NO4. The summed E-state index contributed by atoms with van der Waals surface area (Å²) >= 11 is 0. The summed E-state index contributed by atoms with van der Waals surface area (Å²) in [5.74, 6) is -0.0934. The Hall–Kier alpha value is -3.08. The Kier molecular flexibility index (Phi) is 7.66. The maximum atomic E-state index is 12.2. The summed E-state index contributed by atoms with van der Waals surface area (Å²) in [5.41, 5.74) is 2.85. The number of aryl methyl sites for hydroxylation is 1. The molecule has 2 N–H and O–H groups in total. The van der Waals surface area contributed by atoms with Crippen LogP contribution in [0.5, 0.6) is 5.75 Å². The molecule has 0 unspecified atom stereocenters. The number of amides is 1. The lowest BCUT2D eigenvalue weighted by molar-refractivity contribution is -0.134. The summed E-state index contributed by atoms with van der Waals surface area (Å²) in [6.45, 7) is 2.51. The van der Waals surface area contributed by atoms with Crippen LogP contribution >= 0.6 is 0 Å². The molecule has 0 radical (unpaired) electrons. The van der Waals surface area contributed by atoms with Crippen LogP contribution in [0, 0.1) is 12.8 Å². The van der Waals surface area contributed by atoms with Gasteiger partial charge in [0.05, 0.1) is 0 Å². The van der Waals surface area contributed by atoms with Crippen LogP contribution in [0.4, 0.5) is 0 Å². The average Bonchev–Trinajstić information content (AvgIpc) is 3.25. The van der Waals surface area contributed by atoms with Crippen molar-refractivity contribution in [2.75, 3.05) is 0 Å². The molecule has 0 heterocycles. The van der Waals surface area contributed by atoms with Crippen molar-refractivity contribution in [1.82, 2.24) is 5.32 Å². The summed E-state index contributed by atoms with van der Waals surface area (Å²) in [7, 11) is 0. The molecule has 2 aromatic rings. The number of benzene rings is 2. The van der Waals surface area contributed by atoms with Crippen molar-refractivity contribution in [2.24, 2.45) is 5.92 Å². The zero-order chi connectivity index (χ0) is 21.3. The smallest absolute Gasteiger partial charge is 0.352 e. The van der Waals surface area contributed by atoms with Gasteiger partial charge in [0.1, 0.15) is 18.1 Å². The van der Waals surface area contributed by atoms with E-state index in [4.69, 9.17) is 4.74 Å². The van der Waals surface area contributed by atoms with Gasteiger partial charge in [-0.05, 0) is 48.6 Å². The van der Waals surface area contributed by atoms with Gasteiger partial charge in [-0.2, -0.15) is 0 Å². The highest BCUT2D eigenvalue weighted by Crippen LogP contribution is 2.28. The fourth-order valence-electron chi connectivity index (χ4n) is 3.79. The number of hydrogen-bond donors (Lipinski definition) is 2. The second kappa shape index (κ2) is 10.6. The first-order valence-electron chi connectivity index (χ1n) is 10.5. The maximum absolute atomic E-state index is 12.2. The van der Waals surface area contributed by atoms with Gasteiger partial charge in [0.25, 0.3) is 0 Å². The molecular weight excluding hydrogens is 378 g/mol. The second-order valence-electron chi connectivity index (χ2n) is 7.95. The van der Waals surface area contributed by atoms with Gasteiger partial charge >= 0.3 is 5.97 Å². The van der Waals surface area contributed by atoms with Crippen molar-refractivity contribution in [3.05, 3.63) is 70.9 Å². The SMILES string of the molecule is Cc1cccc(COc2ccc(C=C(NC(=O)CCC3CCCC3)C(=O)O)cc2)c1. The zero-order valence-corrected chi connectivity index (χ0v) is 17.4. The molecule has 3 rings (SSSR count). The van der Waals surface area contributed by atoms with Crippen molar-refractivity contribution in [3.8, 4) is 5.75 Å². The van der Waals surface area contributed by atoms with Gasteiger partial charge in [-0.1, -0.05) is 67.6 Å². The van der Waals surface area contributed by atoms with Gasteiger partial charge in [-0.25, -0.2) is 4.79 Å². The number of carboxylic acid groups (broad SMARTS) is 1. The van der Waals surface area contributed by atoms with E-state index in [2.05, 4.69) is 11.4 Å². The third kappa shape index (κ3) is 6.76. The minimum absolute atomic E-state index is 0.111. The molecule has 1 saturated carbocycles. The van der Waals surface area contributed by atoms with Crippen LogP contribution < -0.4 is 10.1 Å². The highest BCUT2D eigenvalue weighted by molar-refractivity contribution is 5.96. The van der Waals surface area contributed by atoms with Gasteiger partial charge < -0.3 is 15.2 Å². The quantitative estimate of drug-likeness (QED) is 0.568. The van der Waals surface area contributed by atoms with E-state index in [0.29, 0.717) is 30.3 Å². The average molecular weight is 408 g/mol. The molecule has 1 aliphatic rings. The molecule has 5 heteroatoms. The molecule has 1 aliphatic carbocycles. The van der Waals surface area contributed by atoms with Crippen LogP contribution in [0.2, 0.25) is 0 Å². The first-order chi connectivity index (χ1) is 14.5. The number of aliphatic carboxylic acids is 1. The Labute approximate surface area is 177 Å². The number of carbonyl (C=O) groups excluding carboxylic acids is 1. The van der Waals surface area contributed by atoms with E-state index in [1.54, 1.807) is 24.3 Å². The fraction of sp³-hybridized carbons (Fsp3) is 0.360. The van der Waals surface area contributed by atoms with Crippen molar-refractivity contribution in [1.29, 1.82) is 0 Å². The highest BCUT2D eigenvalue weighted by atomic mass is 16.5. The molecule has 0 bridgehead atoms. The monoisotopic (exact) mass is 407 g/mol. The maximum Gasteiger partial charge on any atom is 0.352 e. The molecule has 158 valence electrons. The molecule has 0 atom stereocenters. The summed E-state index contributed by atoms with van der Waals surface area (Å²) in [6.07, 6.45) is 7.47. The van der Waals surface area contributed by atoms with Gasteiger partial charge in [-0.3, -0.25) is 4.79 Å². The van der Waals surface area contributed by atoms with Crippen LogP contribution in [-0.4, -0.2) is 17.0 Å². The Morgan fingerprint density at radius 2 is 1.87 bits per heavy atom. The first-order valence-corrected chi connectivity index (χ1v) is 10.5.